The average Bonchev–Trinajstić information content (AvgIpc) is 2.80. The topological polar surface area (TPSA) is 83.5 Å². The summed E-state index contributed by atoms with van der Waals surface area (Å²) in [5.41, 5.74) is 1.45. The normalized spacial score (nSPS) is 10.5. The number of amides is 1. The maximum atomic E-state index is 12.3. The molecule has 0 aliphatic heterocycles. The van der Waals surface area contributed by atoms with Crippen molar-refractivity contribution in [1.82, 2.24) is 4.90 Å². The minimum atomic E-state index is -0.657. The molecule has 0 bridgehead atoms. The van der Waals surface area contributed by atoms with Gasteiger partial charge in [0.2, 0.25) is 0 Å². The molecule has 0 spiro atoms. The Morgan fingerprint density at radius 3 is 2.13 bits per heavy atom. The van der Waals surface area contributed by atoms with Crippen molar-refractivity contribution in [3.63, 3.8) is 0 Å². The number of rotatable bonds is 10. The minimum Gasteiger partial charge on any atom is -0.496 e. The molecule has 0 aromatic heterocycles. The first kappa shape index (κ1) is 23.6. The fraction of sp³-hybridized carbons (Fsp3) is 0.304. The quantitative estimate of drug-likeness (QED) is 0.424. The molecular formula is C23H27NO7. The second-order valence-corrected chi connectivity index (χ2v) is 6.45. The summed E-state index contributed by atoms with van der Waals surface area (Å²) in [5, 5.41) is 0. The van der Waals surface area contributed by atoms with E-state index in [0.717, 1.165) is 5.56 Å². The van der Waals surface area contributed by atoms with Crippen molar-refractivity contribution in [2.24, 2.45) is 0 Å². The van der Waals surface area contributed by atoms with Crippen molar-refractivity contribution in [3.05, 3.63) is 53.6 Å². The second-order valence-electron chi connectivity index (χ2n) is 6.45. The Hall–Kier alpha value is -3.68. The van der Waals surface area contributed by atoms with E-state index in [1.165, 1.54) is 38.4 Å². The summed E-state index contributed by atoms with van der Waals surface area (Å²) in [7, 11) is 7.74. The predicted molar refractivity (Wildman–Crippen MR) is 116 cm³/mol. The summed E-state index contributed by atoms with van der Waals surface area (Å²) in [6.07, 6.45) is 2.74. The van der Waals surface area contributed by atoms with Crippen molar-refractivity contribution < 1.29 is 33.3 Å². The molecule has 0 atom stereocenters. The number of hydrogen-bond acceptors (Lipinski definition) is 7. The Labute approximate surface area is 181 Å². The summed E-state index contributed by atoms with van der Waals surface area (Å²) in [6, 6.07) is 10.7. The van der Waals surface area contributed by atoms with Gasteiger partial charge in [0.15, 0.2) is 18.1 Å². The van der Waals surface area contributed by atoms with Crippen LogP contribution in [0.4, 0.5) is 0 Å². The maximum absolute atomic E-state index is 12.3. The average molecular weight is 429 g/mol. The summed E-state index contributed by atoms with van der Waals surface area (Å²) in [5.74, 6) is 1.18. The van der Waals surface area contributed by atoms with Crippen LogP contribution in [-0.4, -0.2) is 58.9 Å². The van der Waals surface area contributed by atoms with E-state index in [2.05, 4.69) is 0 Å². The molecule has 0 fully saturated rings. The van der Waals surface area contributed by atoms with Crippen LogP contribution in [0.2, 0.25) is 0 Å². The number of likely N-dealkylation sites (N-methyl/N-ethyl adjacent to an activating group) is 1. The van der Waals surface area contributed by atoms with E-state index in [4.69, 9.17) is 23.7 Å². The lowest BCUT2D eigenvalue weighted by Crippen LogP contribution is -2.30. The van der Waals surface area contributed by atoms with Gasteiger partial charge in [0.25, 0.3) is 5.91 Å². The molecule has 8 heteroatoms. The van der Waals surface area contributed by atoms with E-state index < -0.39 is 5.97 Å². The molecule has 0 saturated carbocycles. The summed E-state index contributed by atoms with van der Waals surface area (Å²) >= 11 is 0. The van der Waals surface area contributed by atoms with Crippen LogP contribution in [0.1, 0.15) is 11.1 Å². The zero-order chi connectivity index (χ0) is 22.8. The maximum Gasteiger partial charge on any atom is 0.331 e. The molecule has 0 heterocycles. The first-order chi connectivity index (χ1) is 14.9. The number of carbonyl (C=O) groups is 2. The highest BCUT2D eigenvalue weighted by Crippen LogP contribution is 2.35. The van der Waals surface area contributed by atoms with E-state index in [0.29, 0.717) is 35.1 Å². The van der Waals surface area contributed by atoms with Gasteiger partial charge in [-0.1, -0.05) is 18.2 Å². The van der Waals surface area contributed by atoms with Crippen LogP contribution in [0.15, 0.2) is 42.5 Å². The van der Waals surface area contributed by atoms with E-state index in [9.17, 15) is 9.59 Å². The third-order valence-electron chi connectivity index (χ3n) is 4.50. The Morgan fingerprint density at radius 2 is 1.48 bits per heavy atom. The molecule has 31 heavy (non-hydrogen) atoms. The number of benzene rings is 2. The van der Waals surface area contributed by atoms with Gasteiger partial charge >= 0.3 is 5.97 Å². The van der Waals surface area contributed by atoms with Crippen LogP contribution in [0, 0.1) is 0 Å². The lowest BCUT2D eigenvalue weighted by atomic mass is 10.1. The monoisotopic (exact) mass is 429 g/mol. The highest BCUT2D eigenvalue weighted by Gasteiger charge is 2.14. The standard InChI is InChI=1S/C23H27NO7/c1-24(14-17-8-6-7-9-18(17)27-2)22(25)15-31-23(26)11-10-16-12-20(29-4)21(30-5)13-19(16)28-3/h6-13H,14-15H2,1-5H3/b11-10+. The molecule has 0 radical (unpaired) electrons. The number of methoxy groups -OCH3 is 4. The van der Waals surface area contributed by atoms with Gasteiger partial charge < -0.3 is 28.6 Å². The van der Waals surface area contributed by atoms with Gasteiger partial charge in [-0.3, -0.25) is 4.79 Å². The van der Waals surface area contributed by atoms with Gasteiger partial charge in [0.05, 0.1) is 28.4 Å². The van der Waals surface area contributed by atoms with Gasteiger partial charge in [0, 0.05) is 36.9 Å². The second kappa shape index (κ2) is 11.5. The number of ether oxygens (including phenoxy) is 5. The highest BCUT2D eigenvalue weighted by molar-refractivity contribution is 5.90. The van der Waals surface area contributed by atoms with Gasteiger partial charge in [-0.15, -0.1) is 0 Å². The van der Waals surface area contributed by atoms with Crippen LogP contribution >= 0.6 is 0 Å². The zero-order valence-electron chi connectivity index (χ0n) is 18.3. The van der Waals surface area contributed by atoms with Gasteiger partial charge in [-0.2, -0.15) is 0 Å². The molecular weight excluding hydrogens is 402 g/mol. The minimum absolute atomic E-state index is 0.332. The Morgan fingerprint density at radius 1 is 0.871 bits per heavy atom. The number of carbonyl (C=O) groups excluding carboxylic acids is 2. The lowest BCUT2D eigenvalue weighted by Gasteiger charge is -2.18. The fourth-order valence-corrected chi connectivity index (χ4v) is 2.81. The van der Waals surface area contributed by atoms with Crippen molar-refractivity contribution in [1.29, 1.82) is 0 Å². The number of esters is 1. The predicted octanol–water partition coefficient (Wildman–Crippen LogP) is 2.94. The van der Waals surface area contributed by atoms with E-state index in [1.807, 2.05) is 24.3 Å². The number of hydrogen-bond donors (Lipinski definition) is 0. The smallest absolute Gasteiger partial charge is 0.331 e. The van der Waals surface area contributed by atoms with Crippen molar-refractivity contribution in [3.8, 4) is 23.0 Å². The molecule has 0 aliphatic rings. The van der Waals surface area contributed by atoms with Crippen molar-refractivity contribution >= 4 is 18.0 Å². The molecule has 166 valence electrons. The van der Waals surface area contributed by atoms with Crippen LogP contribution < -0.4 is 18.9 Å². The summed E-state index contributed by atoms with van der Waals surface area (Å²) in [4.78, 5) is 25.9. The highest BCUT2D eigenvalue weighted by atomic mass is 16.5. The fourth-order valence-electron chi connectivity index (χ4n) is 2.81. The molecule has 0 saturated heterocycles. The molecule has 2 rings (SSSR count). The molecule has 8 nitrogen and oxygen atoms in total. The Bertz CT molecular complexity index is 940. The molecule has 1 amide bonds. The van der Waals surface area contributed by atoms with E-state index in [1.54, 1.807) is 26.3 Å². The van der Waals surface area contributed by atoms with Crippen LogP contribution in [0.5, 0.6) is 23.0 Å². The largest absolute Gasteiger partial charge is 0.496 e. The zero-order valence-corrected chi connectivity index (χ0v) is 18.3. The van der Waals surface area contributed by atoms with Gasteiger partial charge in [0.1, 0.15) is 11.5 Å². The number of para-hydroxylation sites is 1. The molecule has 0 N–H and O–H groups in total. The first-order valence-corrected chi connectivity index (χ1v) is 9.44. The van der Waals surface area contributed by atoms with E-state index >= 15 is 0 Å². The SMILES string of the molecule is COc1cc(OC)c(OC)cc1/C=C/C(=O)OCC(=O)N(C)Cc1ccccc1OC. The third-order valence-corrected chi connectivity index (χ3v) is 4.50. The Balaban J connectivity index is 1.97. The van der Waals surface area contributed by atoms with Crippen LogP contribution in [0.3, 0.4) is 0 Å². The molecule has 2 aromatic rings. The first-order valence-electron chi connectivity index (χ1n) is 9.44. The van der Waals surface area contributed by atoms with Crippen molar-refractivity contribution in [2.45, 2.75) is 6.54 Å². The Kier molecular flexibility index (Phi) is 8.75. The van der Waals surface area contributed by atoms with Crippen molar-refractivity contribution in [2.75, 3.05) is 42.1 Å². The summed E-state index contributed by atoms with van der Waals surface area (Å²) in [6.45, 7) is -0.0447. The van der Waals surface area contributed by atoms with Gasteiger partial charge in [-0.25, -0.2) is 4.79 Å². The van der Waals surface area contributed by atoms with E-state index in [-0.39, 0.29) is 12.5 Å². The summed E-state index contributed by atoms with van der Waals surface area (Å²) < 4.78 is 26.2. The van der Waals surface area contributed by atoms with Crippen LogP contribution in [0.25, 0.3) is 6.08 Å². The third kappa shape index (κ3) is 6.40. The molecule has 0 aliphatic carbocycles. The molecule has 2 aromatic carbocycles. The lowest BCUT2D eigenvalue weighted by molar-refractivity contribution is -0.147. The molecule has 0 unspecified atom stereocenters. The number of nitrogens with zero attached hydrogens (tertiary/aromatic N) is 1. The van der Waals surface area contributed by atoms with Crippen LogP contribution in [-0.2, 0) is 20.9 Å². The van der Waals surface area contributed by atoms with Gasteiger partial charge in [-0.05, 0) is 18.2 Å².